The van der Waals surface area contributed by atoms with E-state index in [1.807, 2.05) is 24.3 Å². The smallest absolute Gasteiger partial charge is 0.251 e. The van der Waals surface area contributed by atoms with Crippen molar-refractivity contribution in [3.05, 3.63) is 34.3 Å². The summed E-state index contributed by atoms with van der Waals surface area (Å²) in [5, 5.41) is 2.97. The molecule has 0 atom stereocenters. The van der Waals surface area contributed by atoms with Crippen LogP contribution in [0.5, 0.6) is 0 Å². The van der Waals surface area contributed by atoms with Gasteiger partial charge in [0.2, 0.25) is 0 Å². The van der Waals surface area contributed by atoms with Gasteiger partial charge in [-0.1, -0.05) is 22.9 Å². The van der Waals surface area contributed by atoms with Crippen LogP contribution in [0.25, 0.3) is 0 Å². The first-order valence-corrected chi connectivity index (χ1v) is 5.92. The van der Waals surface area contributed by atoms with Crippen molar-refractivity contribution in [2.45, 2.75) is 19.8 Å². The van der Waals surface area contributed by atoms with Crippen LogP contribution in [0.15, 0.2) is 28.7 Å². The van der Waals surface area contributed by atoms with Gasteiger partial charge in [0.05, 0.1) is 0 Å². The number of carbonyl (C=O) groups is 1. The Labute approximate surface area is 98.2 Å². The van der Waals surface area contributed by atoms with E-state index in [0.29, 0.717) is 5.41 Å². The monoisotopic (exact) mass is 267 g/mol. The lowest BCUT2D eigenvalue weighted by molar-refractivity contribution is 0.0946. The molecule has 0 bridgehead atoms. The minimum absolute atomic E-state index is 0.0237. The zero-order valence-corrected chi connectivity index (χ0v) is 10.3. The fourth-order valence-electron chi connectivity index (χ4n) is 1.39. The highest BCUT2D eigenvalue weighted by Gasteiger charge is 2.37. The van der Waals surface area contributed by atoms with E-state index in [-0.39, 0.29) is 5.91 Å². The second kappa shape index (κ2) is 3.97. The molecule has 1 amide bonds. The Morgan fingerprint density at radius 2 is 2.00 bits per heavy atom. The summed E-state index contributed by atoms with van der Waals surface area (Å²) in [7, 11) is 0. The number of hydrogen-bond acceptors (Lipinski definition) is 1. The molecule has 0 spiro atoms. The Hall–Kier alpha value is -0.830. The van der Waals surface area contributed by atoms with Gasteiger partial charge in [0.15, 0.2) is 0 Å². The second-order valence-corrected chi connectivity index (χ2v) is 5.42. The van der Waals surface area contributed by atoms with E-state index in [0.717, 1.165) is 16.6 Å². The lowest BCUT2D eigenvalue weighted by atomic mass is 10.1. The van der Waals surface area contributed by atoms with Gasteiger partial charge < -0.3 is 5.32 Å². The number of carbonyl (C=O) groups excluding carboxylic acids is 1. The van der Waals surface area contributed by atoms with Crippen LogP contribution in [0, 0.1) is 5.41 Å². The van der Waals surface area contributed by atoms with Crippen molar-refractivity contribution in [3.63, 3.8) is 0 Å². The maximum Gasteiger partial charge on any atom is 0.251 e. The van der Waals surface area contributed by atoms with E-state index < -0.39 is 0 Å². The van der Waals surface area contributed by atoms with Crippen LogP contribution in [0.2, 0.25) is 0 Å². The quantitative estimate of drug-likeness (QED) is 0.897. The highest BCUT2D eigenvalue weighted by atomic mass is 79.9. The molecular weight excluding hydrogens is 254 g/mol. The predicted octanol–water partition coefficient (Wildman–Crippen LogP) is 2.98. The fourth-order valence-corrected chi connectivity index (χ4v) is 1.65. The molecule has 15 heavy (non-hydrogen) atoms. The number of amides is 1. The molecule has 2 nitrogen and oxygen atoms in total. The maximum atomic E-state index is 11.7. The molecular formula is C12H14BrNO. The fraction of sp³-hybridized carbons (Fsp3) is 0.417. The van der Waals surface area contributed by atoms with E-state index in [1.165, 1.54) is 12.8 Å². The molecule has 3 heteroatoms. The SMILES string of the molecule is CC1(CNC(=O)c2ccc(Br)cc2)CC1. The Balaban J connectivity index is 1.92. The Kier molecular flexibility index (Phi) is 2.83. The number of rotatable bonds is 3. The molecule has 1 saturated carbocycles. The van der Waals surface area contributed by atoms with Gasteiger partial charge in [0, 0.05) is 16.6 Å². The van der Waals surface area contributed by atoms with Gasteiger partial charge in [-0.15, -0.1) is 0 Å². The maximum absolute atomic E-state index is 11.7. The molecule has 2 rings (SSSR count). The molecule has 0 radical (unpaired) electrons. The van der Waals surface area contributed by atoms with Gasteiger partial charge in [-0.3, -0.25) is 4.79 Å². The zero-order valence-electron chi connectivity index (χ0n) is 8.72. The molecule has 1 aromatic rings. The molecule has 1 aromatic carbocycles. The Morgan fingerprint density at radius 1 is 1.40 bits per heavy atom. The molecule has 80 valence electrons. The molecule has 1 N–H and O–H groups in total. The molecule has 1 aliphatic rings. The topological polar surface area (TPSA) is 29.1 Å². The van der Waals surface area contributed by atoms with Crippen LogP contribution in [-0.4, -0.2) is 12.5 Å². The lowest BCUT2D eigenvalue weighted by Gasteiger charge is -2.09. The van der Waals surface area contributed by atoms with E-state index in [4.69, 9.17) is 0 Å². The van der Waals surface area contributed by atoms with Crippen LogP contribution >= 0.6 is 15.9 Å². The van der Waals surface area contributed by atoms with Crippen LogP contribution in [0.3, 0.4) is 0 Å². The van der Waals surface area contributed by atoms with Crippen molar-refractivity contribution < 1.29 is 4.79 Å². The van der Waals surface area contributed by atoms with Gasteiger partial charge in [-0.05, 0) is 42.5 Å². The number of benzene rings is 1. The van der Waals surface area contributed by atoms with Crippen molar-refractivity contribution in [1.82, 2.24) is 5.32 Å². The first kappa shape index (κ1) is 10.7. The molecule has 0 aliphatic heterocycles. The van der Waals surface area contributed by atoms with E-state index in [1.54, 1.807) is 0 Å². The molecule has 0 unspecified atom stereocenters. The summed E-state index contributed by atoms with van der Waals surface area (Å²) < 4.78 is 0.994. The van der Waals surface area contributed by atoms with Crippen molar-refractivity contribution in [2.24, 2.45) is 5.41 Å². The lowest BCUT2D eigenvalue weighted by Crippen LogP contribution is -2.28. The molecule has 1 aliphatic carbocycles. The summed E-state index contributed by atoms with van der Waals surface area (Å²) in [6.07, 6.45) is 2.46. The Bertz CT molecular complexity index is 368. The summed E-state index contributed by atoms with van der Waals surface area (Å²) in [4.78, 5) is 11.7. The highest BCUT2D eigenvalue weighted by Crippen LogP contribution is 2.44. The first-order valence-electron chi connectivity index (χ1n) is 5.13. The Morgan fingerprint density at radius 3 is 2.53 bits per heavy atom. The third-order valence-corrected chi connectivity index (χ3v) is 3.41. The van der Waals surface area contributed by atoms with Gasteiger partial charge in [-0.2, -0.15) is 0 Å². The zero-order chi connectivity index (χ0) is 10.9. The number of halogens is 1. The third kappa shape index (κ3) is 2.81. The average Bonchev–Trinajstić information content (AvgIpc) is 2.95. The van der Waals surface area contributed by atoms with Gasteiger partial charge in [0.25, 0.3) is 5.91 Å². The van der Waals surface area contributed by atoms with Crippen LogP contribution in [0.4, 0.5) is 0 Å². The molecule has 1 fully saturated rings. The molecule has 0 heterocycles. The van der Waals surface area contributed by atoms with Crippen LogP contribution in [0.1, 0.15) is 30.1 Å². The van der Waals surface area contributed by atoms with Gasteiger partial charge in [0.1, 0.15) is 0 Å². The molecule has 0 saturated heterocycles. The summed E-state index contributed by atoms with van der Waals surface area (Å²) in [5.41, 5.74) is 1.09. The number of hydrogen-bond donors (Lipinski definition) is 1. The van der Waals surface area contributed by atoms with Gasteiger partial charge in [-0.25, -0.2) is 0 Å². The molecule has 0 aromatic heterocycles. The van der Waals surface area contributed by atoms with E-state index in [9.17, 15) is 4.79 Å². The van der Waals surface area contributed by atoms with Crippen LogP contribution in [-0.2, 0) is 0 Å². The average molecular weight is 268 g/mol. The largest absolute Gasteiger partial charge is 0.351 e. The summed E-state index contributed by atoms with van der Waals surface area (Å²) in [6.45, 7) is 3.00. The van der Waals surface area contributed by atoms with Gasteiger partial charge >= 0.3 is 0 Å². The van der Waals surface area contributed by atoms with Crippen molar-refractivity contribution in [1.29, 1.82) is 0 Å². The minimum atomic E-state index is 0.0237. The standard InChI is InChI=1S/C12H14BrNO/c1-12(6-7-12)8-14-11(15)9-2-4-10(13)5-3-9/h2-5H,6-8H2,1H3,(H,14,15). The number of nitrogens with one attached hydrogen (secondary N) is 1. The van der Waals surface area contributed by atoms with Crippen molar-refractivity contribution in [2.75, 3.05) is 6.54 Å². The predicted molar refractivity (Wildman–Crippen MR) is 63.8 cm³/mol. The first-order chi connectivity index (χ1) is 7.09. The minimum Gasteiger partial charge on any atom is -0.351 e. The normalized spacial score (nSPS) is 17.2. The van der Waals surface area contributed by atoms with Crippen molar-refractivity contribution in [3.8, 4) is 0 Å². The third-order valence-electron chi connectivity index (χ3n) is 2.89. The summed E-state index contributed by atoms with van der Waals surface area (Å²) in [6, 6.07) is 7.42. The highest BCUT2D eigenvalue weighted by molar-refractivity contribution is 9.10. The van der Waals surface area contributed by atoms with E-state index in [2.05, 4.69) is 28.2 Å². The summed E-state index contributed by atoms with van der Waals surface area (Å²) >= 11 is 3.34. The summed E-state index contributed by atoms with van der Waals surface area (Å²) in [5.74, 6) is 0.0237. The van der Waals surface area contributed by atoms with E-state index >= 15 is 0 Å². The van der Waals surface area contributed by atoms with Crippen molar-refractivity contribution >= 4 is 21.8 Å². The second-order valence-electron chi connectivity index (χ2n) is 4.50. The van der Waals surface area contributed by atoms with Crippen LogP contribution < -0.4 is 5.32 Å².